The number of hydrogen-bond acceptors (Lipinski definition) is 3. The quantitative estimate of drug-likeness (QED) is 0.608. The number of carboxylic acid groups (broad SMARTS) is 1. The predicted molar refractivity (Wildman–Crippen MR) is 46.0 cm³/mol. The summed E-state index contributed by atoms with van der Waals surface area (Å²) in [5.41, 5.74) is 5.31. The fourth-order valence-electron chi connectivity index (χ4n) is 1.46. The molecule has 1 amide bonds. The molecule has 0 bridgehead atoms. The summed E-state index contributed by atoms with van der Waals surface area (Å²) in [4.78, 5) is 23.1. The fourth-order valence-corrected chi connectivity index (χ4v) is 1.46. The first-order chi connectivity index (χ1) is 6.00. The highest BCUT2D eigenvalue weighted by atomic mass is 16.4. The van der Waals surface area contributed by atoms with Crippen LogP contribution < -0.4 is 5.73 Å². The van der Waals surface area contributed by atoms with Crippen molar-refractivity contribution >= 4 is 11.9 Å². The van der Waals surface area contributed by atoms with Crippen molar-refractivity contribution in [3.8, 4) is 0 Å². The minimum absolute atomic E-state index is 0.00389. The number of nitrogens with zero attached hydrogens (tertiary/aromatic N) is 1. The minimum atomic E-state index is -1.06. The molecule has 1 aliphatic heterocycles. The summed E-state index contributed by atoms with van der Waals surface area (Å²) >= 11 is 0. The maximum atomic E-state index is 11.2. The summed E-state index contributed by atoms with van der Waals surface area (Å²) in [6.07, 6.45) is 0.506. The topological polar surface area (TPSA) is 83.6 Å². The second-order valence-corrected chi connectivity index (χ2v) is 3.55. The van der Waals surface area contributed by atoms with E-state index in [0.717, 1.165) is 0 Å². The maximum Gasteiger partial charge on any atom is 0.322 e. The van der Waals surface area contributed by atoms with Crippen LogP contribution in [0.15, 0.2) is 0 Å². The molecule has 1 heterocycles. The zero-order valence-electron chi connectivity index (χ0n) is 7.56. The van der Waals surface area contributed by atoms with E-state index in [1.165, 1.54) is 4.90 Å². The largest absolute Gasteiger partial charge is 0.480 e. The molecule has 1 aliphatic rings. The van der Waals surface area contributed by atoms with Crippen molar-refractivity contribution < 1.29 is 14.7 Å². The van der Waals surface area contributed by atoms with Crippen LogP contribution in [0.3, 0.4) is 0 Å². The van der Waals surface area contributed by atoms with Gasteiger partial charge in [-0.15, -0.1) is 0 Å². The smallest absolute Gasteiger partial charge is 0.322 e. The molecule has 0 aromatic heterocycles. The number of hydrogen-bond donors (Lipinski definition) is 2. The number of nitrogens with two attached hydrogens (primary N) is 1. The van der Waals surface area contributed by atoms with Crippen LogP contribution in [0.4, 0.5) is 0 Å². The van der Waals surface area contributed by atoms with Gasteiger partial charge in [0.2, 0.25) is 5.91 Å². The van der Waals surface area contributed by atoms with Crippen LogP contribution >= 0.6 is 0 Å². The Kier molecular flexibility index (Phi) is 2.87. The summed E-state index contributed by atoms with van der Waals surface area (Å²) in [6, 6.07) is -0.964. The molecule has 0 aromatic rings. The fraction of sp³-hybridized carbons (Fsp3) is 0.750. The lowest BCUT2D eigenvalue weighted by atomic mass is 10.2. The highest BCUT2D eigenvalue weighted by Gasteiger charge is 2.28. The molecule has 3 N–H and O–H groups in total. The van der Waals surface area contributed by atoms with E-state index in [-0.39, 0.29) is 12.5 Å². The Morgan fingerprint density at radius 3 is 2.85 bits per heavy atom. The van der Waals surface area contributed by atoms with Crippen molar-refractivity contribution in [1.82, 2.24) is 4.90 Å². The Morgan fingerprint density at radius 2 is 2.46 bits per heavy atom. The van der Waals surface area contributed by atoms with Gasteiger partial charge in [-0.25, -0.2) is 0 Å². The Bertz CT molecular complexity index is 229. The second kappa shape index (κ2) is 3.74. The third-order valence-electron chi connectivity index (χ3n) is 2.14. The van der Waals surface area contributed by atoms with Crippen LogP contribution in [0, 0.1) is 5.92 Å². The molecule has 0 saturated carbocycles. The molecule has 0 radical (unpaired) electrons. The average molecular weight is 186 g/mol. The Labute approximate surface area is 76.5 Å². The normalized spacial score (nSPS) is 24.9. The zero-order chi connectivity index (χ0) is 10.0. The zero-order valence-corrected chi connectivity index (χ0v) is 7.56. The molecule has 13 heavy (non-hydrogen) atoms. The Balaban J connectivity index is 2.46. The van der Waals surface area contributed by atoms with Crippen molar-refractivity contribution in [2.45, 2.75) is 19.4 Å². The maximum absolute atomic E-state index is 11.2. The van der Waals surface area contributed by atoms with E-state index in [1.54, 1.807) is 0 Å². The summed E-state index contributed by atoms with van der Waals surface area (Å²) in [5, 5.41) is 8.53. The van der Waals surface area contributed by atoms with E-state index in [0.29, 0.717) is 18.9 Å². The van der Waals surface area contributed by atoms with Crippen LogP contribution in [0.2, 0.25) is 0 Å². The molecule has 1 rings (SSSR count). The highest BCUT2D eigenvalue weighted by molar-refractivity contribution is 5.80. The molecule has 74 valence electrons. The van der Waals surface area contributed by atoms with Gasteiger partial charge in [-0.05, 0) is 5.92 Å². The molecule has 5 heteroatoms. The van der Waals surface area contributed by atoms with E-state index in [9.17, 15) is 9.59 Å². The number of carboxylic acids is 1. The molecular formula is C8H14N2O3. The molecular weight excluding hydrogens is 172 g/mol. The first kappa shape index (κ1) is 9.98. The molecule has 1 saturated heterocycles. The lowest BCUT2D eigenvalue weighted by Crippen LogP contribution is -2.43. The van der Waals surface area contributed by atoms with Crippen LogP contribution in [0.1, 0.15) is 13.3 Å². The lowest BCUT2D eigenvalue weighted by Gasteiger charge is -2.18. The van der Waals surface area contributed by atoms with Gasteiger partial charge in [0.05, 0.1) is 0 Å². The minimum Gasteiger partial charge on any atom is -0.480 e. The molecule has 0 aromatic carbocycles. The summed E-state index contributed by atoms with van der Waals surface area (Å²) in [6.45, 7) is 2.71. The SMILES string of the molecule is CC1CC(=O)N(CC(N)C(=O)O)C1. The number of rotatable bonds is 3. The van der Waals surface area contributed by atoms with Crippen molar-refractivity contribution in [3.63, 3.8) is 0 Å². The first-order valence-corrected chi connectivity index (χ1v) is 4.27. The predicted octanol–water partition coefficient (Wildman–Crippen LogP) is -0.733. The summed E-state index contributed by atoms with van der Waals surface area (Å²) in [5.74, 6) is -0.745. The molecule has 2 unspecified atom stereocenters. The van der Waals surface area contributed by atoms with Crippen molar-refractivity contribution in [2.75, 3.05) is 13.1 Å². The van der Waals surface area contributed by atoms with E-state index in [1.807, 2.05) is 6.92 Å². The first-order valence-electron chi connectivity index (χ1n) is 4.27. The Morgan fingerprint density at radius 1 is 1.85 bits per heavy atom. The molecule has 0 spiro atoms. The van der Waals surface area contributed by atoms with Gasteiger partial charge in [-0.3, -0.25) is 9.59 Å². The standard InChI is InChI=1S/C8H14N2O3/c1-5-2-7(11)10(3-5)4-6(9)8(12)13/h5-6H,2-4,9H2,1H3,(H,12,13). The van der Waals surface area contributed by atoms with Gasteiger partial charge in [0.25, 0.3) is 0 Å². The third kappa shape index (κ3) is 2.42. The van der Waals surface area contributed by atoms with Crippen molar-refractivity contribution in [1.29, 1.82) is 0 Å². The number of carbonyl (C=O) groups is 2. The van der Waals surface area contributed by atoms with Gasteiger partial charge >= 0.3 is 5.97 Å². The lowest BCUT2D eigenvalue weighted by molar-refractivity contribution is -0.139. The van der Waals surface area contributed by atoms with E-state index < -0.39 is 12.0 Å². The van der Waals surface area contributed by atoms with Crippen molar-refractivity contribution in [3.05, 3.63) is 0 Å². The van der Waals surface area contributed by atoms with Gasteiger partial charge in [-0.1, -0.05) is 6.92 Å². The van der Waals surface area contributed by atoms with Gasteiger partial charge in [0.1, 0.15) is 6.04 Å². The number of likely N-dealkylation sites (tertiary alicyclic amines) is 1. The van der Waals surface area contributed by atoms with Gasteiger partial charge in [0.15, 0.2) is 0 Å². The molecule has 0 aliphatic carbocycles. The van der Waals surface area contributed by atoms with Crippen molar-refractivity contribution in [2.24, 2.45) is 11.7 Å². The monoisotopic (exact) mass is 186 g/mol. The van der Waals surface area contributed by atoms with Gasteiger partial charge in [0, 0.05) is 19.5 Å². The average Bonchev–Trinajstić information content (AvgIpc) is 2.30. The van der Waals surface area contributed by atoms with E-state index in [4.69, 9.17) is 10.8 Å². The van der Waals surface area contributed by atoms with Crippen LogP contribution in [0.5, 0.6) is 0 Å². The summed E-state index contributed by atoms with van der Waals surface area (Å²) < 4.78 is 0. The van der Waals surface area contributed by atoms with E-state index in [2.05, 4.69) is 0 Å². The number of amides is 1. The van der Waals surface area contributed by atoms with Gasteiger partial charge in [-0.2, -0.15) is 0 Å². The number of aliphatic carboxylic acids is 1. The third-order valence-corrected chi connectivity index (χ3v) is 2.14. The summed E-state index contributed by atoms with van der Waals surface area (Å²) in [7, 11) is 0. The van der Waals surface area contributed by atoms with Crippen LogP contribution in [-0.2, 0) is 9.59 Å². The molecule has 2 atom stereocenters. The van der Waals surface area contributed by atoms with Crippen LogP contribution in [0.25, 0.3) is 0 Å². The van der Waals surface area contributed by atoms with Crippen LogP contribution in [-0.4, -0.2) is 41.0 Å². The second-order valence-electron chi connectivity index (χ2n) is 3.55. The molecule has 1 fully saturated rings. The Hall–Kier alpha value is -1.10. The molecule has 5 nitrogen and oxygen atoms in total. The van der Waals surface area contributed by atoms with Gasteiger partial charge < -0.3 is 15.7 Å². The number of carbonyl (C=O) groups excluding carboxylic acids is 1. The van der Waals surface area contributed by atoms with E-state index >= 15 is 0 Å². The highest BCUT2D eigenvalue weighted by Crippen LogP contribution is 2.16.